The minimum Gasteiger partial charge on any atom is -0.350 e. The van der Waals surface area contributed by atoms with Crippen LogP contribution in [0.25, 0.3) is 0 Å². The highest BCUT2D eigenvalue weighted by atomic mass is 35.5. The van der Waals surface area contributed by atoms with Gasteiger partial charge in [0, 0.05) is 11.6 Å². The Morgan fingerprint density at radius 1 is 1.44 bits per heavy atom. The van der Waals surface area contributed by atoms with Crippen LogP contribution >= 0.6 is 24.0 Å². The molecular weight excluding hydrogens is 271 g/mol. The van der Waals surface area contributed by atoms with Crippen molar-refractivity contribution in [2.45, 2.75) is 38.8 Å². The van der Waals surface area contributed by atoms with E-state index in [-0.39, 0.29) is 18.3 Å². The fraction of sp³-hybridized carbons (Fsp3) is 0.462. The lowest BCUT2D eigenvalue weighted by Crippen LogP contribution is -2.51. The average Bonchev–Trinajstić information content (AvgIpc) is 2.27. The molecule has 0 bridgehead atoms. The van der Waals surface area contributed by atoms with Crippen LogP contribution in [-0.4, -0.2) is 11.4 Å². The summed E-state index contributed by atoms with van der Waals surface area (Å²) < 4.78 is 0. The highest BCUT2D eigenvalue weighted by Gasteiger charge is 2.26. The standard InChI is InChI=1S/C13H19ClN2O.ClH/c1-3-8-13(2,15)12(17)16-9-10-6-4-5-7-11(10)14;/h4-7H,3,8-9,15H2,1-2H3,(H,16,17);1H. The molecule has 3 N–H and O–H groups in total. The fourth-order valence-corrected chi connectivity index (χ4v) is 1.85. The van der Waals surface area contributed by atoms with Crippen molar-refractivity contribution < 1.29 is 4.79 Å². The molecule has 0 radical (unpaired) electrons. The van der Waals surface area contributed by atoms with Gasteiger partial charge in [-0.05, 0) is 25.0 Å². The van der Waals surface area contributed by atoms with Crippen molar-refractivity contribution >= 4 is 29.9 Å². The largest absolute Gasteiger partial charge is 0.350 e. The second-order valence-corrected chi connectivity index (χ2v) is 4.85. The quantitative estimate of drug-likeness (QED) is 0.876. The van der Waals surface area contributed by atoms with Gasteiger partial charge in [0.2, 0.25) is 5.91 Å². The van der Waals surface area contributed by atoms with Crippen molar-refractivity contribution in [3.63, 3.8) is 0 Å². The van der Waals surface area contributed by atoms with Gasteiger partial charge in [-0.25, -0.2) is 0 Å². The molecule has 1 atom stereocenters. The van der Waals surface area contributed by atoms with Crippen LogP contribution in [0.2, 0.25) is 5.02 Å². The van der Waals surface area contributed by atoms with Crippen LogP contribution in [0.1, 0.15) is 32.3 Å². The zero-order valence-corrected chi connectivity index (χ0v) is 12.3. The SMILES string of the molecule is CCCC(C)(N)C(=O)NCc1ccccc1Cl.Cl. The highest BCUT2D eigenvalue weighted by molar-refractivity contribution is 6.31. The lowest BCUT2D eigenvalue weighted by atomic mass is 9.96. The van der Waals surface area contributed by atoms with E-state index in [1.54, 1.807) is 13.0 Å². The summed E-state index contributed by atoms with van der Waals surface area (Å²) in [6.07, 6.45) is 1.55. The molecule has 1 aromatic carbocycles. The van der Waals surface area contributed by atoms with Crippen LogP contribution in [0.15, 0.2) is 24.3 Å². The highest BCUT2D eigenvalue weighted by Crippen LogP contribution is 2.15. The first kappa shape index (κ1) is 17.2. The molecule has 0 aromatic heterocycles. The molecule has 0 saturated heterocycles. The topological polar surface area (TPSA) is 55.1 Å². The summed E-state index contributed by atoms with van der Waals surface area (Å²) in [5.74, 6) is -0.140. The molecule has 0 saturated carbocycles. The normalized spacial score (nSPS) is 13.3. The maximum absolute atomic E-state index is 11.9. The Morgan fingerprint density at radius 2 is 2.06 bits per heavy atom. The van der Waals surface area contributed by atoms with Crippen molar-refractivity contribution in [1.82, 2.24) is 5.32 Å². The third-order valence-corrected chi connectivity index (χ3v) is 3.05. The molecule has 0 aliphatic rings. The Bertz CT molecular complexity index is 394. The van der Waals surface area contributed by atoms with Crippen molar-refractivity contribution in [3.8, 4) is 0 Å². The van der Waals surface area contributed by atoms with Gasteiger partial charge in [0.15, 0.2) is 0 Å². The van der Waals surface area contributed by atoms with Crippen LogP contribution in [0, 0.1) is 0 Å². The monoisotopic (exact) mass is 290 g/mol. The minimum absolute atomic E-state index is 0. The van der Waals surface area contributed by atoms with Crippen LogP contribution in [0.4, 0.5) is 0 Å². The molecule has 102 valence electrons. The van der Waals surface area contributed by atoms with Crippen LogP contribution in [0.3, 0.4) is 0 Å². The van der Waals surface area contributed by atoms with E-state index in [1.165, 1.54) is 0 Å². The Balaban J connectivity index is 0.00000289. The molecule has 1 aromatic rings. The lowest BCUT2D eigenvalue weighted by Gasteiger charge is -2.22. The number of nitrogens with two attached hydrogens (primary N) is 1. The van der Waals surface area contributed by atoms with Gasteiger partial charge in [-0.1, -0.05) is 43.1 Å². The zero-order valence-electron chi connectivity index (χ0n) is 10.7. The minimum atomic E-state index is -0.810. The molecule has 3 nitrogen and oxygen atoms in total. The number of nitrogens with one attached hydrogen (secondary N) is 1. The molecule has 1 amide bonds. The van der Waals surface area contributed by atoms with E-state index in [9.17, 15) is 4.79 Å². The zero-order chi connectivity index (χ0) is 12.9. The van der Waals surface area contributed by atoms with Crippen LogP contribution < -0.4 is 11.1 Å². The molecule has 0 fully saturated rings. The van der Waals surface area contributed by atoms with Gasteiger partial charge in [-0.15, -0.1) is 12.4 Å². The number of amides is 1. The Labute approximate surface area is 119 Å². The third-order valence-electron chi connectivity index (χ3n) is 2.69. The second kappa shape index (κ2) is 7.62. The van der Waals surface area contributed by atoms with Gasteiger partial charge in [0.25, 0.3) is 0 Å². The first-order valence-corrected chi connectivity index (χ1v) is 6.15. The van der Waals surface area contributed by atoms with E-state index in [0.717, 1.165) is 12.0 Å². The van der Waals surface area contributed by atoms with Gasteiger partial charge in [0.1, 0.15) is 0 Å². The Morgan fingerprint density at radius 3 is 2.61 bits per heavy atom. The Kier molecular flexibility index (Phi) is 7.29. The van der Waals surface area contributed by atoms with E-state index >= 15 is 0 Å². The van der Waals surface area contributed by atoms with E-state index in [0.29, 0.717) is 18.0 Å². The summed E-state index contributed by atoms with van der Waals surface area (Å²) in [5.41, 5.74) is 6.02. The van der Waals surface area contributed by atoms with Gasteiger partial charge in [0.05, 0.1) is 5.54 Å². The number of benzene rings is 1. The summed E-state index contributed by atoms with van der Waals surface area (Å²) in [6, 6.07) is 7.44. The molecule has 0 aliphatic heterocycles. The van der Waals surface area contributed by atoms with E-state index in [4.69, 9.17) is 17.3 Å². The molecule has 1 unspecified atom stereocenters. The van der Waals surface area contributed by atoms with Crippen LogP contribution in [-0.2, 0) is 11.3 Å². The molecule has 18 heavy (non-hydrogen) atoms. The predicted molar refractivity (Wildman–Crippen MR) is 78.0 cm³/mol. The molecular formula is C13H20Cl2N2O. The van der Waals surface area contributed by atoms with Crippen molar-refractivity contribution in [1.29, 1.82) is 0 Å². The maximum Gasteiger partial charge on any atom is 0.240 e. The van der Waals surface area contributed by atoms with E-state index < -0.39 is 5.54 Å². The molecule has 0 aliphatic carbocycles. The number of rotatable bonds is 5. The van der Waals surface area contributed by atoms with Gasteiger partial charge >= 0.3 is 0 Å². The molecule has 1 rings (SSSR count). The molecule has 0 spiro atoms. The van der Waals surface area contributed by atoms with Gasteiger partial charge in [-0.2, -0.15) is 0 Å². The predicted octanol–water partition coefficient (Wildman–Crippen LogP) is 2.90. The van der Waals surface area contributed by atoms with Crippen molar-refractivity contribution in [2.24, 2.45) is 5.73 Å². The first-order chi connectivity index (χ1) is 7.97. The summed E-state index contributed by atoms with van der Waals surface area (Å²) in [7, 11) is 0. The summed E-state index contributed by atoms with van der Waals surface area (Å²) in [4.78, 5) is 11.9. The maximum atomic E-state index is 11.9. The molecule has 0 heterocycles. The van der Waals surface area contributed by atoms with Crippen molar-refractivity contribution in [2.75, 3.05) is 0 Å². The Hall–Kier alpha value is -0.770. The van der Waals surface area contributed by atoms with Crippen molar-refractivity contribution in [3.05, 3.63) is 34.9 Å². The summed E-state index contributed by atoms with van der Waals surface area (Å²) >= 11 is 6.00. The smallest absolute Gasteiger partial charge is 0.240 e. The number of carbonyl (C=O) groups is 1. The second-order valence-electron chi connectivity index (χ2n) is 4.44. The number of carbonyl (C=O) groups excluding carboxylic acids is 1. The summed E-state index contributed by atoms with van der Waals surface area (Å²) in [6.45, 7) is 4.17. The van der Waals surface area contributed by atoms with Gasteiger partial charge < -0.3 is 11.1 Å². The number of hydrogen-bond donors (Lipinski definition) is 2. The number of halogens is 2. The van der Waals surface area contributed by atoms with E-state index in [1.807, 2.05) is 25.1 Å². The molecule has 5 heteroatoms. The third kappa shape index (κ3) is 4.84. The average molecular weight is 291 g/mol. The fourth-order valence-electron chi connectivity index (χ4n) is 1.65. The first-order valence-electron chi connectivity index (χ1n) is 5.78. The lowest BCUT2D eigenvalue weighted by molar-refractivity contribution is -0.126. The van der Waals surface area contributed by atoms with Gasteiger partial charge in [-0.3, -0.25) is 4.79 Å². The number of hydrogen-bond acceptors (Lipinski definition) is 2. The van der Waals surface area contributed by atoms with Crippen LogP contribution in [0.5, 0.6) is 0 Å². The van der Waals surface area contributed by atoms with E-state index in [2.05, 4.69) is 5.32 Å². The summed E-state index contributed by atoms with van der Waals surface area (Å²) in [5, 5.41) is 3.47.